The Balaban J connectivity index is 2.34. The van der Waals surface area contributed by atoms with E-state index in [2.05, 4.69) is 52.0 Å². The van der Waals surface area contributed by atoms with Gasteiger partial charge in [-0.15, -0.1) is 0 Å². The normalized spacial score (nSPS) is 12.5. The highest BCUT2D eigenvalue weighted by molar-refractivity contribution is 5.81. The molecule has 0 spiro atoms. The molecule has 3 rings (SSSR count). The summed E-state index contributed by atoms with van der Waals surface area (Å²) in [5.74, 6) is 0. The molecule has 2 aromatic carbocycles. The molecule has 0 unspecified atom stereocenters. The molecule has 0 aliphatic heterocycles. The predicted molar refractivity (Wildman–Crippen MR) is 73.6 cm³/mol. The van der Waals surface area contributed by atoms with Gasteiger partial charge in [-0.25, -0.2) is 0 Å². The standard InChI is InChI=1S/C17H18/c1-10-5-6-15-14(7-10)9-16-13(4)11(2)8-12(3)17(15)16/h5-8H,9H2,1-4H3. The Kier molecular flexibility index (Phi) is 2.16. The van der Waals surface area contributed by atoms with Gasteiger partial charge in [0.1, 0.15) is 0 Å². The van der Waals surface area contributed by atoms with Crippen LogP contribution in [-0.4, -0.2) is 0 Å². The second kappa shape index (κ2) is 3.46. The molecule has 0 radical (unpaired) electrons. The SMILES string of the molecule is Cc1ccc2c(c1)Cc1c(C)c(C)cc(C)c1-2. The average Bonchev–Trinajstić information content (AvgIpc) is 2.64. The van der Waals surface area contributed by atoms with Gasteiger partial charge in [0.15, 0.2) is 0 Å². The molecule has 0 fully saturated rings. The van der Waals surface area contributed by atoms with Crippen molar-refractivity contribution in [2.45, 2.75) is 34.1 Å². The van der Waals surface area contributed by atoms with E-state index in [9.17, 15) is 0 Å². The third-order valence-electron chi connectivity index (χ3n) is 4.07. The van der Waals surface area contributed by atoms with Crippen molar-refractivity contribution >= 4 is 0 Å². The highest BCUT2D eigenvalue weighted by atomic mass is 14.3. The minimum Gasteiger partial charge on any atom is -0.0587 e. The molecule has 0 N–H and O–H groups in total. The summed E-state index contributed by atoms with van der Waals surface area (Å²) in [6, 6.07) is 9.17. The first kappa shape index (κ1) is 10.6. The maximum atomic E-state index is 2.34. The number of fused-ring (bicyclic) bond motifs is 3. The summed E-state index contributed by atoms with van der Waals surface area (Å²) in [7, 11) is 0. The van der Waals surface area contributed by atoms with E-state index in [0.29, 0.717) is 0 Å². The van der Waals surface area contributed by atoms with E-state index in [-0.39, 0.29) is 0 Å². The topological polar surface area (TPSA) is 0 Å². The Hall–Kier alpha value is -1.56. The van der Waals surface area contributed by atoms with Crippen molar-refractivity contribution in [1.82, 2.24) is 0 Å². The van der Waals surface area contributed by atoms with Crippen molar-refractivity contribution < 1.29 is 0 Å². The van der Waals surface area contributed by atoms with Crippen LogP contribution in [0.1, 0.15) is 33.4 Å². The first-order valence-corrected chi connectivity index (χ1v) is 6.27. The fourth-order valence-electron chi connectivity index (χ4n) is 3.07. The fourth-order valence-corrected chi connectivity index (χ4v) is 3.07. The lowest BCUT2D eigenvalue weighted by Gasteiger charge is -2.11. The molecule has 0 aromatic heterocycles. The number of rotatable bonds is 0. The smallest absolute Gasteiger partial charge is 0.00105 e. The zero-order valence-corrected chi connectivity index (χ0v) is 11.0. The predicted octanol–water partition coefficient (Wildman–Crippen LogP) is 4.49. The molecular weight excluding hydrogens is 204 g/mol. The van der Waals surface area contributed by atoms with Gasteiger partial charge in [-0.3, -0.25) is 0 Å². The zero-order chi connectivity index (χ0) is 12.2. The number of benzene rings is 2. The van der Waals surface area contributed by atoms with E-state index in [1.54, 1.807) is 5.56 Å². The van der Waals surface area contributed by atoms with E-state index >= 15 is 0 Å². The first-order valence-electron chi connectivity index (χ1n) is 6.27. The van der Waals surface area contributed by atoms with Gasteiger partial charge < -0.3 is 0 Å². The summed E-state index contributed by atoms with van der Waals surface area (Å²) in [4.78, 5) is 0. The maximum absolute atomic E-state index is 2.34. The van der Waals surface area contributed by atoms with E-state index in [0.717, 1.165) is 6.42 Å². The molecule has 0 heterocycles. The molecule has 17 heavy (non-hydrogen) atoms. The van der Waals surface area contributed by atoms with Gasteiger partial charge in [0.2, 0.25) is 0 Å². The van der Waals surface area contributed by atoms with Gasteiger partial charge in [-0.05, 0) is 73.1 Å². The van der Waals surface area contributed by atoms with Gasteiger partial charge in [-0.2, -0.15) is 0 Å². The van der Waals surface area contributed by atoms with Crippen molar-refractivity contribution in [3.63, 3.8) is 0 Å². The minimum absolute atomic E-state index is 1.11. The maximum Gasteiger partial charge on any atom is -0.00105 e. The molecule has 2 aromatic rings. The van der Waals surface area contributed by atoms with Crippen LogP contribution in [0.3, 0.4) is 0 Å². The van der Waals surface area contributed by atoms with Crippen LogP contribution < -0.4 is 0 Å². The van der Waals surface area contributed by atoms with Gasteiger partial charge in [0.05, 0.1) is 0 Å². The molecule has 0 nitrogen and oxygen atoms in total. The van der Waals surface area contributed by atoms with Crippen molar-refractivity contribution in [3.05, 3.63) is 57.6 Å². The van der Waals surface area contributed by atoms with Crippen LogP contribution in [0.5, 0.6) is 0 Å². The third-order valence-corrected chi connectivity index (χ3v) is 4.07. The highest BCUT2D eigenvalue weighted by Crippen LogP contribution is 2.41. The lowest BCUT2D eigenvalue weighted by atomic mass is 9.93. The van der Waals surface area contributed by atoms with Gasteiger partial charge in [0, 0.05) is 0 Å². The summed E-state index contributed by atoms with van der Waals surface area (Å²) >= 11 is 0. The second-order valence-corrected chi connectivity index (χ2v) is 5.33. The quantitative estimate of drug-likeness (QED) is 0.525. The van der Waals surface area contributed by atoms with E-state index in [1.165, 1.54) is 38.9 Å². The van der Waals surface area contributed by atoms with E-state index in [1.807, 2.05) is 0 Å². The molecule has 0 atom stereocenters. The molecule has 0 saturated heterocycles. The largest absolute Gasteiger partial charge is 0.0587 e. The van der Waals surface area contributed by atoms with Crippen molar-refractivity contribution in [2.75, 3.05) is 0 Å². The van der Waals surface area contributed by atoms with E-state index in [4.69, 9.17) is 0 Å². The molecular formula is C17H18. The van der Waals surface area contributed by atoms with E-state index < -0.39 is 0 Å². The Morgan fingerprint density at radius 2 is 1.65 bits per heavy atom. The zero-order valence-electron chi connectivity index (χ0n) is 11.0. The van der Waals surface area contributed by atoms with Crippen molar-refractivity contribution in [1.29, 1.82) is 0 Å². The second-order valence-electron chi connectivity index (χ2n) is 5.33. The average molecular weight is 222 g/mol. The Labute approximate surface area is 103 Å². The molecule has 0 heteroatoms. The summed E-state index contributed by atoms with van der Waals surface area (Å²) < 4.78 is 0. The van der Waals surface area contributed by atoms with Crippen LogP contribution in [0.2, 0.25) is 0 Å². The summed E-state index contributed by atoms with van der Waals surface area (Å²) in [5.41, 5.74) is 11.7. The summed E-state index contributed by atoms with van der Waals surface area (Å²) in [6.07, 6.45) is 1.11. The monoisotopic (exact) mass is 222 g/mol. The van der Waals surface area contributed by atoms with Crippen molar-refractivity contribution in [3.8, 4) is 11.1 Å². The molecule has 0 saturated carbocycles. The van der Waals surface area contributed by atoms with Gasteiger partial charge in [-0.1, -0.05) is 29.8 Å². The fraction of sp³-hybridized carbons (Fsp3) is 0.294. The summed E-state index contributed by atoms with van der Waals surface area (Å²) in [6.45, 7) is 8.89. The highest BCUT2D eigenvalue weighted by Gasteiger charge is 2.22. The summed E-state index contributed by atoms with van der Waals surface area (Å²) in [5, 5.41) is 0. The molecule has 1 aliphatic carbocycles. The Morgan fingerprint density at radius 1 is 0.882 bits per heavy atom. The molecule has 86 valence electrons. The van der Waals surface area contributed by atoms with Crippen LogP contribution in [-0.2, 0) is 6.42 Å². The molecule has 0 amide bonds. The van der Waals surface area contributed by atoms with Gasteiger partial charge in [0.25, 0.3) is 0 Å². The lowest BCUT2D eigenvalue weighted by Crippen LogP contribution is -1.93. The molecule has 0 bridgehead atoms. The number of hydrogen-bond acceptors (Lipinski definition) is 0. The van der Waals surface area contributed by atoms with Crippen LogP contribution in [0.15, 0.2) is 24.3 Å². The van der Waals surface area contributed by atoms with Gasteiger partial charge >= 0.3 is 0 Å². The lowest BCUT2D eigenvalue weighted by molar-refractivity contribution is 1.17. The van der Waals surface area contributed by atoms with Crippen LogP contribution in [0.25, 0.3) is 11.1 Å². The first-order chi connectivity index (χ1) is 8.08. The Morgan fingerprint density at radius 3 is 2.41 bits per heavy atom. The number of hydrogen-bond donors (Lipinski definition) is 0. The van der Waals surface area contributed by atoms with Crippen LogP contribution in [0.4, 0.5) is 0 Å². The third kappa shape index (κ3) is 1.44. The van der Waals surface area contributed by atoms with Crippen LogP contribution in [0, 0.1) is 27.7 Å². The molecule has 1 aliphatic rings. The Bertz CT molecular complexity index is 618. The van der Waals surface area contributed by atoms with Crippen molar-refractivity contribution in [2.24, 2.45) is 0 Å². The number of aryl methyl sites for hydroxylation is 3. The minimum atomic E-state index is 1.11. The van der Waals surface area contributed by atoms with Crippen LogP contribution >= 0.6 is 0 Å².